The lowest BCUT2D eigenvalue weighted by atomic mass is 10.1. The minimum absolute atomic E-state index is 0.0266. The number of nitrogens with zero attached hydrogens (tertiary/aromatic N) is 4. The molecule has 0 saturated heterocycles. The van der Waals surface area contributed by atoms with Crippen LogP contribution in [0, 0.1) is 0 Å². The van der Waals surface area contributed by atoms with Gasteiger partial charge in [0, 0.05) is 18.7 Å². The first-order valence-electron chi connectivity index (χ1n) is 6.87. The highest BCUT2D eigenvalue weighted by Gasteiger charge is 2.24. The topological polar surface area (TPSA) is 69.5 Å². The third-order valence-electron chi connectivity index (χ3n) is 3.72. The standard InChI is InChI=1S/C14H14N4O3/c19-14(17-3-4-18-9-15-16-13(18)8-17)10-1-2-11-12(7-10)21-6-5-20-11/h1-2,7,9H,3-6,8H2. The number of amides is 1. The third kappa shape index (κ3) is 2.10. The number of carbonyl (C=O) groups is 1. The highest BCUT2D eigenvalue weighted by molar-refractivity contribution is 5.95. The smallest absolute Gasteiger partial charge is 0.254 e. The van der Waals surface area contributed by atoms with Crippen LogP contribution in [0.1, 0.15) is 16.2 Å². The van der Waals surface area contributed by atoms with Crippen LogP contribution in [-0.4, -0.2) is 45.3 Å². The number of ether oxygens (including phenoxy) is 2. The minimum atomic E-state index is -0.0266. The van der Waals surface area contributed by atoms with Gasteiger partial charge in [-0.1, -0.05) is 0 Å². The number of hydrogen-bond donors (Lipinski definition) is 0. The molecule has 0 atom stereocenters. The molecule has 21 heavy (non-hydrogen) atoms. The molecule has 0 aliphatic carbocycles. The molecular formula is C14H14N4O3. The van der Waals surface area contributed by atoms with Gasteiger partial charge in [0.15, 0.2) is 17.3 Å². The van der Waals surface area contributed by atoms with Gasteiger partial charge in [0.25, 0.3) is 5.91 Å². The molecule has 2 aliphatic rings. The van der Waals surface area contributed by atoms with E-state index >= 15 is 0 Å². The van der Waals surface area contributed by atoms with Gasteiger partial charge in [0.1, 0.15) is 19.5 Å². The maximum Gasteiger partial charge on any atom is 0.254 e. The first-order valence-corrected chi connectivity index (χ1v) is 6.87. The summed E-state index contributed by atoms with van der Waals surface area (Å²) in [6.45, 7) is 2.91. The molecule has 0 unspecified atom stereocenters. The number of rotatable bonds is 1. The SMILES string of the molecule is O=C(c1ccc2c(c1)OCCO2)N1CCn2cnnc2C1. The molecule has 0 saturated carbocycles. The van der Waals surface area contributed by atoms with Crippen LogP contribution < -0.4 is 9.47 Å². The van der Waals surface area contributed by atoms with Gasteiger partial charge in [-0.3, -0.25) is 4.79 Å². The summed E-state index contributed by atoms with van der Waals surface area (Å²) in [7, 11) is 0. The van der Waals surface area contributed by atoms with Crippen molar-refractivity contribution in [2.75, 3.05) is 19.8 Å². The second-order valence-electron chi connectivity index (χ2n) is 5.03. The second-order valence-corrected chi connectivity index (χ2v) is 5.03. The molecule has 0 N–H and O–H groups in total. The van der Waals surface area contributed by atoms with E-state index in [1.54, 1.807) is 29.4 Å². The Balaban J connectivity index is 1.58. The fourth-order valence-corrected chi connectivity index (χ4v) is 2.60. The van der Waals surface area contributed by atoms with Crippen LogP contribution in [0.15, 0.2) is 24.5 Å². The van der Waals surface area contributed by atoms with E-state index in [2.05, 4.69) is 10.2 Å². The van der Waals surface area contributed by atoms with E-state index in [4.69, 9.17) is 9.47 Å². The Morgan fingerprint density at radius 1 is 1.14 bits per heavy atom. The summed E-state index contributed by atoms with van der Waals surface area (Å²) in [6.07, 6.45) is 1.70. The summed E-state index contributed by atoms with van der Waals surface area (Å²) in [4.78, 5) is 14.4. The van der Waals surface area contributed by atoms with E-state index in [1.807, 2.05) is 4.57 Å². The zero-order chi connectivity index (χ0) is 14.2. The quantitative estimate of drug-likeness (QED) is 0.772. The molecule has 0 radical (unpaired) electrons. The summed E-state index contributed by atoms with van der Waals surface area (Å²) in [6, 6.07) is 5.31. The van der Waals surface area contributed by atoms with Crippen LogP contribution in [0.3, 0.4) is 0 Å². The number of carbonyl (C=O) groups excluding carboxylic acids is 1. The molecule has 1 aromatic carbocycles. The first-order chi connectivity index (χ1) is 10.3. The molecule has 0 fully saturated rings. The highest BCUT2D eigenvalue weighted by Crippen LogP contribution is 2.31. The van der Waals surface area contributed by atoms with Gasteiger partial charge in [-0.15, -0.1) is 10.2 Å². The molecule has 108 valence electrons. The van der Waals surface area contributed by atoms with Crippen LogP contribution in [0.4, 0.5) is 0 Å². The molecule has 7 heteroatoms. The summed E-state index contributed by atoms with van der Waals surface area (Å²) in [5, 5.41) is 7.89. The maximum atomic E-state index is 12.6. The first kappa shape index (κ1) is 12.2. The maximum absolute atomic E-state index is 12.6. The van der Waals surface area contributed by atoms with Gasteiger partial charge in [0.2, 0.25) is 0 Å². The summed E-state index contributed by atoms with van der Waals surface area (Å²) >= 11 is 0. The van der Waals surface area contributed by atoms with Crippen molar-refractivity contribution >= 4 is 5.91 Å². The Kier molecular flexibility index (Phi) is 2.77. The van der Waals surface area contributed by atoms with Gasteiger partial charge in [0.05, 0.1) is 6.54 Å². The Bertz CT molecular complexity index is 697. The molecular weight excluding hydrogens is 272 g/mol. The minimum Gasteiger partial charge on any atom is -0.486 e. The van der Waals surface area contributed by atoms with Crippen molar-refractivity contribution in [3.8, 4) is 11.5 Å². The summed E-state index contributed by atoms with van der Waals surface area (Å²) < 4.78 is 13.0. The van der Waals surface area contributed by atoms with Gasteiger partial charge in [-0.05, 0) is 18.2 Å². The number of aromatic nitrogens is 3. The molecule has 3 heterocycles. The van der Waals surface area contributed by atoms with E-state index in [0.29, 0.717) is 43.4 Å². The molecule has 2 aliphatic heterocycles. The van der Waals surface area contributed by atoms with Crippen LogP contribution in [0.5, 0.6) is 11.5 Å². The lowest BCUT2D eigenvalue weighted by Crippen LogP contribution is -2.38. The van der Waals surface area contributed by atoms with E-state index < -0.39 is 0 Å². The molecule has 1 aromatic heterocycles. The normalized spacial score (nSPS) is 16.5. The zero-order valence-electron chi connectivity index (χ0n) is 11.4. The van der Waals surface area contributed by atoms with E-state index in [9.17, 15) is 4.79 Å². The summed E-state index contributed by atoms with van der Waals surface area (Å²) in [5.74, 6) is 2.11. The average molecular weight is 286 g/mol. The largest absolute Gasteiger partial charge is 0.486 e. The molecule has 0 spiro atoms. The lowest BCUT2D eigenvalue weighted by molar-refractivity contribution is 0.0706. The van der Waals surface area contributed by atoms with Gasteiger partial charge < -0.3 is 18.9 Å². The van der Waals surface area contributed by atoms with E-state index in [-0.39, 0.29) is 5.91 Å². The van der Waals surface area contributed by atoms with Crippen LogP contribution >= 0.6 is 0 Å². The summed E-state index contributed by atoms with van der Waals surface area (Å²) in [5.41, 5.74) is 0.604. The molecule has 1 amide bonds. The van der Waals surface area contributed by atoms with Gasteiger partial charge in [-0.25, -0.2) is 0 Å². The van der Waals surface area contributed by atoms with Crippen LogP contribution in [0.2, 0.25) is 0 Å². The van der Waals surface area contributed by atoms with E-state index in [1.165, 1.54) is 0 Å². The average Bonchev–Trinajstić information content (AvgIpc) is 3.01. The predicted octanol–water partition coefficient (Wildman–Crippen LogP) is 0.705. The lowest BCUT2D eigenvalue weighted by Gasteiger charge is -2.27. The van der Waals surface area contributed by atoms with Crippen molar-refractivity contribution in [1.82, 2.24) is 19.7 Å². The van der Waals surface area contributed by atoms with Crippen LogP contribution in [-0.2, 0) is 13.1 Å². The predicted molar refractivity (Wildman–Crippen MR) is 72.2 cm³/mol. The van der Waals surface area contributed by atoms with Crippen molar-refractivity contribution in [2.24, 2.45) is 0 Å². The number of benzene rings is 1. The molecule has 2 aromatic rings. The molecule has 0 bridgehead atoms. The van der Waals surface area contributed by atoms with Crippen molar-refractivity contribution in [1.29, 1.82) is 0 Å². The van der Waals surface area contributed by atoms with E-state index in [0.717, 1.165) is 12.4 Å². The molecule has 4 rings (SSSR count). The Hall–Kier alpha value is -2.57. The fraction of sp³-hybridized carbons (Fsp3) is 0.357. The van der Waals surface area contributed by atoms with Crippen molar-refractivity contribution in [2.45, 2.75) is 13.1 Å². The number of fused-ring (bicyclic) bond motifs is 2. The fourth-order valence-electron chi connectivity index (χ4n) is 2.60. The Morgan fingerprint density at radius 2 is 2.00 bits per heavy atom. The van der Waals surface area contributed by atoms with Crippen molar-refractivity contribution in [3.05, 3.63) is 35.9 Å². The Labute approximate surface area is 121 Å². The number of hydrogen-bond acceptors (Lipinski definition) is 5. The molecule has 7 nitrogen and oxygen atoms in total. The van der Waals surface area contributed by atoms with Crippen LogP contribution in [0.25, 0.3) is 0 Å². The van der Waals surface area contributed by atoms with Crippen molar-refractivity contribution < 1.29 is 14.3 Å². The third-order valence-corrected chi connectivity index (χ3v) is 3.72. The monoisotopic (exact) mass is 286 g/mol. The van der Waals surface area contributed by atoms with Crippen molar-refractivity contribution in [3.63, 3.8) is 0 Å². The van der Waals surface area contributed by atoms with Gasteiger partial charge in [-0.2, -0.15) is 0 Å². The second kappa shape index (κ2) is 4.76. The van der Waals surface area contributed by atoms with Gasteiger partial charge >= 0.3 is 0 Å². The zero-order valence-corrected chi connectivity index (χ0v) is 11.4. The highest BCUT2D eigenvalue weighted by atomic mass is 16.6. The Morgan fingerprint density at radius 3 is 2.90 bits per heavy atom.